The zero-order chi connectivity index (χ0) is 17.8. The van der Waals surface area contributed by atoms with E-state index in [2.05, 4.69) is 25.7 Å². The molecule has 1 aliphatic heterocycles. The number of ether oxygens (including phenoxy) is 1. The van der Waals surface area contributed by atoms with E-state index in [1.807, 2.05) is 27.0 Å². The highest BCUT2D eigenvalue weighted by Gasteiger charge is 2.27. The fourth-order valence-corrected chi connectivity index (χ4v) is 2.93. The van der Waals surface area contributed by atoms with E-state index in [0.29, 0.717) is 25.5 Å². The molecule has 1 fully saturated rings. The van der Waals surface area contributed by atoms with E-state index in [1.54, 1.807) is 17.1 Å². The molecular weight excluding hydrogens is 320 g/mol. The Hall–Kier alpha value is -2.48. The summed E-state index contributed by atoms with van der Waals surface area (Å²) in [5.41, 5.74) is 1.95. The molecule has 2 aromatic heterocycles. The van der Waals surface area contributed by atoms with Gasteiger partial charge in [0.1, 0.15) is 11.6 Å². The van der Waals surface area contributed by atoms with Gasteiger partial charge >= 0.3 is 0 Å². The Kier molecular flexibility index (Phi) is 5.28. The minimum absolute atomic E-state index is 0.00586. The van der Waals surface area contributed by atoms with Crippen molar-refractivity contribution in [1.82, 2.24) is 25.1 Å². The normalized spacial score (nSPS) is 20.3. The molecule has 2 atom stereocenters. The van der Waals surface area contributed by atoms with Crippen LogP contribution in [-0.2, 0) is 23.0 Å². The maximum Gasteiger partial charge on any atom is 0.224 e. The van der Waals surface area contributed by atoms with Crippen LogP contribution < -0.4 is 10.6 Å². The van der Waals surface area contributed by atoms with Gasteiger partial charge in [0.25, 0.3) is 0 Å². The summed E-state index contributed by atoms with van der Waals surface area (Å²) in [7, 11) is 1.87. The van der Waals surface area contributed by atoms with Crippen LogP contribution in [0.4, 0.5) is 5.82 Å². The fraction of sp³-hybridized carbons (Fsp3) is 0.529. The number of aromatic nitrogens is 4. The van der Waals surface area contributed by atoms with Crippen LogP contribution in [-0.4, -0.2) is 51.0 Å². The molecule has 1 saturated heterocycles. The van der Waals surface area contributed by atoms with Crippen molar-refractivity contribution in [3.8, 4) is 0 Å². The minimum Gasteiger partial charge on any atom is -0.379 e. The first-order chi connectivity index (χ1) is 12.0. The van der Waals surface area contributed by atoms with E-state index in [9.17, 15) is 4.79 Å². The summed E-state index contributed by atoms with van der Waals surface area (Å²) in [6.45, 7) is 4.97. The average Bonchev–Trinajstić information content (AvgIpc) is 2.89. The molecule has 8 nitrogen and oxygen atoms in total. The number of carbonyl (C=O) groups excluding carboxylic acids is 1. The minimum atomic E-state index is -0.0259. The third-order valence-electron chi connectivity index (χ3n) is 4.50. The first-order valence-corrected chi connectivity index (χ1v) is 8.43. The molecule has 1 aliphatic rings. The van der Waals surface area contributed by atoms with Crippen LogP contribution in [0.25, 0.3) is 0 Å². The highest BCUT2D eigenvalue weighted by atomic mass is 16.5. The molecule has 25 heavy (non-hydrogen) atoms. The van der Waals surface area contributed by atoms with Crippen molar-refractivity contribution < 1.29 is 9.53 Å². The Balaban J connectivity index is 1.62. The van der Waals surface area contributed by atoms with Crippen molar-refractivity contribution in [3.63, 3.8) is 0 Å². The summed E-state index contributed by atoms with van der Waals surface area (Å²) < 4.78 is 7.34. The molecule has 0 spiro atoms. The summed E-state index contributed by atoms with van der Waals surface area (Å²) in [6.07, 6.45) is 4.56. The van der Waals surface area contributed by atoms with Crippen LogP contribution >= 0.6 is 0 Å². The van der Waals surface area contributed by atoms with E-state index < -0.39 is 0 Å². The van der Waals surface area contributed by atoms with Crippen LogP contribution in [0.5, 0.6) is 0 Å². The first kappa shape index (κ1) is 17.3. The van der Waals surface area contributed by atoms with Crippen molar-refractivity contribution in [2.45, 2.75) is 38.8 Å². The Morgan fingerprint density at radius 1 is 1.40 bits per heavy atom. The second-order valence-corrected chi connectivity index (χ2v) is 6.33. The lowest BCUT2D eigenvalue weighted by molar-refractivity contribution is -0.121. The van der Waals surface area contributed by atoms with Gasteiger partial charge in [-0.25, -0.2) is 9.97 Å². The first-order valence-electron chi connectivity index (χ1n) is 8.43. The summed E-state index contributed by atoms with van der Waals surface area (Å²) in [5, 5.41) is 10.7. The molecule has 0 bridgehead atoms. The molecule has 0 unspecified atom stereocenters. The molecular formula is C17H24N6O2. The SMILES string of the molecule is Cc1nccc(N[C@@H]2COCC[C@@H]2NC(=O)Cc2cnn(C)c2C)n1. The largest absolute Gasteiger partial charge is 0.379 e. The molecule has 0 radical (unpaired) electrons. The Labute approximate surface area is 147 Å². The lowest BCUT2D eigenvalue weighted by Gasteiger charge is -2.33. The predicted molar refractivity (Wildman–Crippen MR) is 93.2 cm³/mol. The molecule has 1 amide bonds. The number of hydrogen-bond acceptors (Lipinski definition) is 6. The van der Waals surface area contributed by atoms with Crippen LogP contribution in [0.2, 0.25) is 0 Å². The molecule has 8 heteroatoms. The van der Waals surface area contributed by atoms with E-state index >= 15 is 0 Å². The number of nitrogens with zero attached hydrogens (tertiary/aromatic N) is 4. The molecule has 0 saturated carbocycles. The van der Waals surface area contributed by atoms with Gasteiger partial charge in [0, 0.05) is 31.1 Å². The second-order valence-electron chi connectivity index (χ2n) is 6.33. The van der Waals surface area contributed by atoms with Crippen LogP contribution in [0, 0.1) is 13.8 Å². The highest BCUT2D eigenvalue weighted by Crippen LogP contribution is 2.14. The number of amides is 1. The third-order valence-corrected chi connectivity index (χ3v) is 4.50. The van der Waals surface area contributed by atoms with E-state index in [-0.39, 0.29) is 18.0 Å². The van der Waals surface area contributed by atoms with Crippen LogP contribution in [0.3, 0.4) is 0 Å². The van der Waals surface area contributed by atoms with E-state index in [0.717, 1.165) is 23.5 Å². The van der Waals surface area contributed by atoms with Gasteiger partial charge < -0.3 is 15.4 Å². The smallest absolute Gasteiger partial charge is 0.224 e. The maximum absolute atomic E-state index is 12.5. The monoisotopic (exact) mass is 344 g/mol. The van der Waals surface area contributed by atoms with Crippen LogP contribution in [0.1, 0.15) is 23.5 Å². The molecule has 0 aliphatic carbocycles. The predicted octanol–water partition coefficient (Wildman–Crippen LogP) is 0.755. The topological polar surface area (TPSA) is 94.0 Å². The van der Waals surface area contributed by atoms with E-state index in [1.165, 1.54) is 0 Å². The number of hydrogen-bond donors (Lipinski definition) is 2. The van der Waals surface area contributed by atoms with Gasteiger partial charge in [0.05, 0.1) is 31.3 Å². The van der Waals surface area contributed by atoms with Gasteiger partial charge in [-0.2, -0.15) is 5.10 Å². The summed E-state index contributed by atoms with van der Waals surface area (Å²) in [5.74, 6) is 1.44. The van der Waals surface area contributed by atoms with Gasteiger partial charge in [-0.15, -0.1) is 0 Å². The molecule has 3 rings (SSSR count). The quantitative estimate of drug-likeness (QED) is 0.831. The summed E-state index contributed by atoms with van der Waals surface area (Å²) >= 11 is 0. The van der Waals surface area contributed by atoms with Gasteiger partial charge in [-0.05, 0) is 26.3 Å². The number of anilines is 1. The van der Waals surface area contributed by atoms with Crippen molar-refractivity contribution in [1.29, 1.82) is 0 Å². The van der Waals surface area contributed by atoms with Gasteiger partial charge in [0.2, 0.25) is 5.91 Å². The third kappa shape index (κ3) is 4.33. The van der Waals surface area contributed by atoms with Gasteiger partial charge in [-0.3, -0.25) is 9.48 Å². The molecule has 2 N–H and O–H groups in total. The molecule has 3 heterocycles. The number of nitrogens with one attached hydrogen (secondary N) is 2. The number of rotatable bonds is 5. The maximum atomic E-state index is 12.5. The Bertz CT molecular complexity index is 744. The summed E-state index contributed by atoms with van der Waals surface area (Å²) in [4.78, 5) is 20.9. The van der Waals surface area contributed by atoms with Crippen molar-refractivity contribution in [3.05, 3.63) is 35.5 Å². The van der Waals surface area contributed by atoms with Crippen molar-refractivity contribution in [2.24, 2.45) is 7.05 Å². The average molecular weight is 344 g/mol. The summed E-state index contributed by atoms with van der Waals surface area (Å²) in [6, 6.07) is 1.79. The fourth-order valence-electron chi connectivity index (χ4n) is 2.93. The highest BCUT2D eigenvalue weighted by molar-refractivity contribution is 5.79. The molecule has 0 aromatic carbocycles. The number of aryl methyl sites for hydroxylation is 2. The zero-order valence-corrected chi connectivity index (χ0v) is 14.8. The van der Waals surface area contributed by atoms with Crippen molar-refractivity contribution >= 4 is 11.7 Å². The lowest BCUT2D eigenvalue weighted by Crippen LogP contribution is -2.52. The molecule has 134 valence electrons. The van der Waals surface area contributed by atoms with Gasteiger partial charge in [-0.1, -0.05) is 0 Å². The zero-order valence-electron chi connectivity index (χ0n) is 14.8. The Morgan fingerprint density at radius 3 is 2.96 bits per heavy atom. The van der Waals surface area contributed by atoms with E-state index in [4.69, 9.17) is 4.74 Å². The van der Waals surface area contributed by atoms with Crippen LogP contribution in [0.15, 0.2) is 18.5 Å². The van der Waals surface area contributed by atoms with Gasteiger partial charge in [0.15, 0.2) is 0 Å². The lowest BCUT2D eigenvalue weighted by atomic mass is 10.0. The number of carbonyl (C=O) groups is 1. The van der Waals surface area contributed by atoms with Crippen molar-refractivity contribution in [2.75, 3.05) is 18.5 Å². The second kappa shape index (κ2) is 7.60. The Morgan fingerprint density at radius 2 is 2.24 bits per heavy atom. The standard InChI is InChI=1S/C17H24N6O2/c1-11-13(9-19-23(11)3)8-17(24)22-14-5-7-25-10-15(14)21-16-4-6-18-12(2)20-16/h4,6,9,14-15H,5,7-8,10H2,1-3H3,(H,22,24)(H,18,20,21)/t14-,15+/m0/s1. The molecule has 2 aromatic rings.